The molecule has 4 heteroatoms. The van der Waals surface area contributed by atoms with E-state index >= 15 is 0 Å². The van der Waals surface area contributed by atoms with E-state index in [4.69, 9.17) is 4.74 Å². The average Bonchev–Trinajstić information content (AvgIpc) is 2.87. The van der Waals surface area contributed by atoms with E-state index in [2.05, 4.69) is 6.92 Å². The topological polar surface area (TPSA) is 43.4 Å². The minimum absolute atomic E-state index is 0.124. The Morgan fingerprint density at radius 2 is 2.06 bits per heavy atom. The summed E-state index contributed by atoms with van der Waals surface area (Å²) < 4.78 is 4.79. The van der Waals surface area contributed by atoms with Crippen LogP contribution in [-0.2, 0) is 14.3 Å². The van der Waals surface area contributed by atoms with E-state index in [-0.39, 0.29) is 12.5 Å². The smallest absolute Gasteiger partial charge is 0.379 e. The number of Topliss-reactive ketones (excluding diaryl/α,β-unsaturated/α-hetero) is 1. The van der Waals surface area contributed by atoms with Crippen LogP contribution in [-0.4, -0.2) is 18.4 Å². The highest BCUT2D eigenvalue weighted by Crippen LogP contribution is 2.47. The number of esters is 1. The summed E-state index contributed by atoms with van der Waals surface area (Å²) in [6.45, 7) is 6.00. The minimum Gasteiger partial charge on any atom is -0.460 e. The van der Waals surface area contributed by atoms with Gasteiger partial charge in [0.05, 0.1) is 6.61 Å². The Kier molecular flexibility index (Phi) is 3.66. The Balaban J connectivity index is 2.35. The summed E-state index contributed by atoms with van der Waals surface area (Å²) in [5.74, 6) is -0.776. The molecule has 1 heterocycles. The van der Waals surface area contributed by atoms with E-state index in [0.717, 1.165) is 10.5 Å². The molecule has 0 fully saturated rings. The first-order valence-electron chi connectivity index (χ1n) is 6.07. The highest BCUT2D eigenvalue weighted by molar-refractivity contribution is 7.11. The zero-order chi connectivity index (χ0) is 13.3. The summed E-state index contributed by atoms with van der Waals surface area (Å²) in [7, 11) is 0. The van der Waals surface area contributed by atoms with Crippen molar-refractivity contribution in [1.82, 2.24) is 0 Å². The van der Waals surface area contributed by atoms with E-state index in [9.17, 15) is 9.59 Å². The highest BCUT2D eigenvalue weighted by atomic mass is 32.1. The molecule has 1 aromatic heterocycles. The molecule has 0 amide bonds. The predicted octanol–water partition coefficient (Wildman–Crippen LogP) is 2.92. The lowest BCUT2D eigenvalue weighted by Gasteiger charge is -2.36. The Morgan fingerprint density at radius 1 is 1.33 bits per heavy atom. The van der Waals surface area contributed by atoms with Gasteiger partial charge in [0.1, 0.15) is 0 Å². The van der Waals surface area contributed by atoms with Crippen molar-refractivity contribution in [2.75, 3.05) is 6.61 Å². The number of carbonyl (C=O) groups is 2. The predicted molar refractivity (Wildman–Crippen MR) is 71.2 cm³/mol. The Labute approximate surface area is 110 Å². The molecule has 18 heavy (non-hydrogen) atoms. The van der Waals surface area contributed by atoms with E-state index in [1.54, 1.807) is 18.3 Å². The molecule has 2 rings (SSSR count). The van der Waals surface area contributed by atoms with Gasteiger partial charge in [0, 0.05) is 10.5 Å². The van der Waals surface area contributed by atoms with Crippen LogP contribution < -0.4 is 0 Å². The first-order chi connectivity index (χ1) is 8.57. The number of ether oxygens (including phenoxy) is 1. The molecule has 1 aromatic rings. The van der Waals surface area contributed by atoms with Crippen molar-refractivity contribution >= 4 is 28.7 Å². The van der Waals surface area contributed by atoms with Gasteiger partial charge in [-0.25, -0.2) is 4.79 Å². The first-order valence-corrected chi connectivity index (χ1v) is 6.95. The van der Waals surface area contributed by atoms with Crippen molar-refractivity contribution < 1.29 is 14.3 Å². The lowest BCUT2D eigenvalue weighted by Crippen LogP contribution is -2.34. The Bertz CT molecular complexity index is 499. The van der Waals surface area contributed by atoms with Gasteiger partial charge >= 0.3 is 5.97 Å². The van der Waals surface area contributed by atoms with Crippen molar-refractivity contribution in [3.63, 3.8) is 0 Å². The number of hydrogen-bond donors (Lipinski definition) is 0. The maximum Gasteiger partial charge on any atom is 0.379 e. The van der Waals surface area contributed by atoms with Gasteiger partial charge in [0.25, 0.3) is 5.78 Å². The van der Waals surface area contributed by atoms with Crippen LogP contribution >= 0.6 is 11.3 Å². The normalized spacial score (nSPS) is 22.6. The van der Waals surface area contributed by atoms with Gasteiger partial charge in [0.15, 0.2) is 0 Å². The van der Waals surface area contributed by atoms with Gasteiger partial charge in [-0.3, -0.25) is 4.79 Å². The fourth-order valence-corrected chi connectivity index (χ4v) is 3.20. The molecule has 0 aliphatic heterocycles. The molecule has 2 atom stereocenters. The zero-order valence-electron chi connectivity index (χ0n) is 10.7. The van der Waals surface area contributed by atoms with Crippen molar-refractivity contribution in [2.45, 2.75) is 20.8 Å². The molecule has 0 radical (unpaired) electrons. The van der Waals surface area contributed by atoms with Gasteiger partial charge in [-0.2, -0.15) is 0 Å². The summed E-state index contributed by atoms with van der Waals surface area (Å²) >= 11 is 1.60. The number of thiophene rings is 1. The van der Waals surface area contributed by atoms with Crippen molar-refractivity contribution in [2.24, 2.45) is 11.8 Å². The fraction of sp³-hybridized carbons (Fsp3) is 0.429. The van der Waals surface area contributed by atoms with Gasteiger partial charge in [-0.1, -0.05) is 19.9 Å². The number of carbonyl (C=O) groups excluding carboxylic acids is 2. The monoisotopic (exact) mass is 264 g/mol. The third-order valence-corrected chi connectivity index (χ3v) is 4.35. The standard InChI is InChI=1S/C14H16O3S/c1-4-17-14(16)13(15)12-9(3)8(2)11(12)10-6-5-7-18-10/h5-9H,4H2,1-3H3/t8-,9-/m1/s1. The quantitative estimate of drug-likeness (QED) is 0.620. The lowest BCUT2D eigenvalue weighted by atomic mass is 9.67. The van der Waals surface area contributed by atoms with E-state index in [1.807, 2.05) is 24.4 Å². The maximum absolute atomic E-state index is 12.0. The Hall–Kier alpha value is -1.42. The molecular weight excluding hydrogens is 248 g/mol. The van der Waals surface area contributed by atoms with Gasteiger partial charge in [-0.05, 0) is 35.8 Å². The molecule has 0 spiro atoms. The van der Waals surface area contributed by atoms with Crippen LogP contribution in [0.3, 0.4) is 0 Å². The summed E-state index contributed by atoms with van der Waals surface area (Å²) in [6.07, 6.45) is 0. The van der Waals surface area contributed by atoms with Crippen LogP contribution in [0.4, 0.5) is 0 Å². The second-order valence-corrected chi connectivity index (χ2v) is 5.38. The number of hydrogen-bond acceptors (Lipinski definition) is 4. The molecule has 96 valence electrons. The third kappa shape index (κ3) is 2.01. The van der Waals surface area contributed by atoms with Crippen LogP contribution in [0.1, 0.15) is 25.6 Å². The first kappa shape index (κ1) is 13.0. The van der Waals surface area contributed by atoms with Crippen LogP contribution in [0.2, 0.25) is 0 Å². The van der Waals surface area contributed by atoms with Gasteiger partial charge < -0.3 is 4.74 Å². The van der Waals surface area contributed by atoms with Crippen LogP contribution in [0, 0.1) is 11.8 Å². The molecule has 0 N–H and O–H groups in total. The summed E-state index contributed by atoms with van der Waals surface area (Å²) in [4.78, 5) is 24.7. The number of ketones is 1. The van der Waals surface area contributed by atoms with Crippen LogP contribution in [0.15, 0.2) is 23.1 Å². The second-order valence-electron chi connectivity index (χ2n) is 4.43. The highest BCUT2D eigenvalue weighted by Gasteiger charge is 2.41. The van der Waals surface area contributed by atoms with Crippen LogP contribution in [0.5, 0.6) is 0 Å². The van der Waals surface area contributed by atoms with Gasteiger partial charge in [0.2, 0.25) is 0 Å². The summed E-state index contributed by atoms with van der Waals surface area (Å²) in [6, 6.07) is 3.94. The molecule has 1 aliphatic rings. The largest absolute Gasteiger partial charge is 0.460 e. The molecular formula is C14H16O3S. The molecule has 0 unspecified atom stereocenters. The van der Waals surface area contributed by atoms with Crippen molar-refractivity contribution in [3.8, 4) is 0 Å². The summed E-state index contributed by atoms with van der Waals surface area (Å²) in [5, 5.41) is 1.98. The molecule has 0 saturated heterocycles. The zero-order valence-corrected chi connectivity index (χ0v) is 11.5. The summed E-state index contributed by atoms with van der Waals surface area (Å²) in [5.41, 5.74) is 1.64. The number of allylic oxidation sites excluding steroid dienone is 1. The molecule has 3 nitrogen and oxygen atoms in total. The second kappa shape index (κ2) is 5.06. The molecule has 0 saturated carbocycles. The van der Waals surface area contributed by atoms with Gasteiger partial charge in [-0.15, -0.1) is 11.3 Å². The SMILES string of the molecule is CCOC(=O)C(=O)C1=C(c2cccs2)[C@H](C)[C@H]1C. The van der Waals surface area contributed by atoms with Crippen molar-refractivity contribution in [1.29, 1.82) is 0 Å². The van der Waals surface area contributed by atoms with Crippen LogP contribution in [0.25, 0.3) is 5.57 Å². The van der Waals surface area contributed by atoms with E-state index < -0.39 is 11.8 Å². The maximum atomic E-state index is 12.0. The molecule has 0 aromatic carbocycles. The lowest BCUT2D eigenvalue weighted by molar-refractivity contribution is -0.152. The Morgan fingerprint density at radius 3 is 2.61 bits per heavy atom. The fourth-order valence-electron chi connectivity index (χ4n) is 2.32. The number of rotatable bonds is 4. The molecule has 1 aliphatic carbocycles. The third-order valence-electron chi connectivity index (χ3n) is 3.44. The molecule has 0 bridgehead atoms. The van der Waals surface area contributed by atoms with Crippen molar-refractivity contribution in [3.05, 3.63) is 28.0 Å². The minimum atomic E-state index is -0.736. The van der Waals surface area contributed by atoms with E-state index in [1.165, 1.54) is 0 Å². The average molecular weight is 264 g/mol. The van der Waals surface area contributed by atoms with E-state index in [0.29, 0.717) is 11.5 Å².